The SMILES string of the molecule is C[PH+](C)C.C[PH+](C)C.Cc1[c-]c(C)ccc1.[Cl][Ni]. The molecule has 0 saturated heterocycles. The first kappa shape index (κ1) is 23.9. The summed E-state index contributed by atoms with van der Waals surface area (Å²) in [6.07, 6.45) is 0. The summed E-state index contributed by atoms with van der Waals surface area (Å²) in [4.78, 5) is 0. The predicted molar refractivity (Wildman–Crippen MR) is 92.8 cm³/mol. The van der Waals surface area contributed by atoms with Crippen molar-refractivity contribution in [3.63, 3.8) is 0 Å². The van der Waals surface area contributed by atoms with E-state index in [1.807, 2.05) is 32.0 Å². The van der Waals surface area contributed by atoms with E-state index < -0.39 is 0 Å². The van der Waals surface area contributed by atoms with Gasteiger partial charge in [0.2, 0.25) is 0 Å². The molecule has 0 N–H and O–H groups in total. The van der Waals surface area contributed by atoms with Crippen LogP contribution in [0.2, 0.25) is 0 Å². The predicted octanol–water partition coefficient (Wildman–Crippen LogP) is 4.97. The molecule has 4 heteroatoms. The molecule has 0 aliphatic carbocycles. The number of hydrogen-bond acceptors (Lipinski definition) is 0. The molecule has 0 spiro atoms. The van der Waals surface area contributed by atoms with Crippen LogP contribution in [0.15, 0.2) is 18.2 Å². The van der Waals surface area contributed by atoms with Crippen molar-refractivity contribution in [3.8, 4) is 0 Å². The van der Waals surface area contributed by atoms with Crippen LogP contribution in [0.25, 0.3) is 0 Å². The van der Waals surface area contributed by atoms with Crippen LogP contribution in [-0.4, -0.2) is 40.0 Å². The minimum atomic E-state index is 0.120. The summed E-state index contributed by atoms with van der Waals surface area (Å²) < 4.78 is 0. The van der Waals surface area contributed by atoms with E-state index in [9.17, 15) is 0 Å². The molecule has 1 aromatic carbocycles. The molecule has 0 saturated carbocycles. The molecule has 0 aliphatic rings. The monoisotopic (exact) mass is 352 g/mol. The third-order valence-corrected chi connectivity index (χ3v) is 1.09. The van der Waals surface area contributed by atoms with Crippen LogP contribution in [0.4, 0.5) is 0 Å². The zero-order valence-electron chi connectivity index (χ0n) is 12.9. The molecular formula is C14H29ClNiP2+. The molecule has 0 radical (unpaired) electrons. The van der Waals surface area contributed by atoms with Crippen molar-refractivity contribution in [1.29, 1.82) is 0 Å². The van der Waals surface area contributed by atoms with Crippen molar-refractivity contribution in [2.45, 2.75) is 13.8 Å². The molecule has 0 nitrogen and oxygen atoms in total. The molecule has 0 heterocycles. The normalized spacial score (nSPS) is 8.50. The molecule has 0 amide bonds. The molecule has 0 aliphatic heterocycles. The van der Waals surface area contributed by atoms with Gasteiger partial charge < -0.3 is 0 Å². The van der Waals surface area contributed by atoms with Crippen molar-refractivity contribution < 1.29 is 14.6 Å². The topological polar surface area (TPSA) is 0 Å². The van der Waals surface area contributed by atoms with Crippen molar-refractivity contribution >= 4 is 26.0 Å². The molecule has 0 bridgehead atoms. The summed E-state index contributed by atoms with van der Waals surface area (Å²) in [5, 5.41) is 0. The summed E-state index contributed by atoms with van der Waals surface area (Å²) in [6.45, 7) is 17.7. The van der Waals surface area contributed by atoms with Crippen LogP contribution in [0, 0.1) is 19.9 Å². The van der Waals surface area contributed by atoms with E-state index in [1.54, 1.807) is 0 Å². The van der Waals surface area contributed by atoms with Gasteiger partial charge in [-0.25, -0.2) is 0 Å². The first-order chi connectivity index (χ1) is 8.25. The van der Waals surface area contributed by atoms with Gasteiger partial charge >= 0.3 is 24.8 Å². The first-order valence-corrected chi connectivity index (χ1v) is 13.2. The maximum absolute atomic E-state index is 4.26. The fourth-order valence-electron chi connectivity index (χ4n) is 0.731. The summed E-state index contributed by atoms with van der Waals surface area (Å²) in [5.41, 5.74) is 2.43. The number of aryl methyl sites for hydroxylation is 2. The molecule has 111 valence electrons. The standard InChI is InChI=1S/C8H9.2C3H9P.ClH.Ni/c1-7-4-3-5-8(2)6-7;2*1-4(2)3;;/h3-5H,1-2H3;2*1-3H3;1H;/q-1;;;;+1/p+1. The van der Waals surface area contributed by atoms with Gasteiger partial charge in [-0.2, -0.15) is 35.4 Å². The molecule has 0 unspecified atom stereocenters. The Morgan fingerprint density at radius 2 is 1.06 bits per heavy atom. The molecule has 0 aromatic heterocycles. The van der Waals surface area contributed by atoms with E-state index in [-0.39, 0.29) is 15.8 Å². The molecule has 18 heavy (non-hydrogen) atoms. The Kier molecular flexibility index (Phi) is 23.7. The third-order valence-electron chi connectivity index (χ3n) is 1.09. The van der Waals surface area contributed by atoms with Crippen LogP contribution in [0.3, 0.4) is 0 Å². The second-order valence-electron chi connectivity index (χ2n) is 5.02. The number of benzene rings is 1. The fraction of sp³-hybridized carbons (Fsp3) is 0.571. The second kappa shape index (κ2) is 17.9. The van der Waals surface area contributed by atoms with Crippen LogP contribution < -0.4 is 0 Å². The van der Waals surface area contributed by atoms with E-state index in [4.69, 9.17) is 0 Å². The fourth-order valence-corrected chi connectivity index (χ4v) is 0.731. The van der Waals surface area contributed by atoms with Crippen LogP contribution >= 0.6 is 26.0 Å². The molecule has 0 fully saturated rings. The average Bonchev–Trinajstić information content (AvgIpc) is 2.18. The number of hydrogen-bond donors (Lipinski definition) is 0. The maximum atomic E-state index is 4.26. The Labute approximate surface area is 129 Å². The first-order valence-electron chi connectivity index (χ1n) is 5.86. The Hall–Kier alpha value is 0.864. The molecule has 1 rings (SSSR count). The van der Waals surface area contributed by atoms with Gasteiger partial charge in [-0.05, 0) is 15.8 Å². The van der Waals surface area contributed by atoms with Crippen molar-refractivity contribution in [2.24, 2.45) is 0 Å². The Balaban J connectivity index is -0.000000194. The van der Waals surface area contributed by atoms with E-state index in [0.29, 0.717) is 0 Å². The molecular weight excluding hydrogens is 324 g/mol. The van der Waals surface area contributed by atoms with E-state index in [2.05, 4.69) is 70.8 Å². The van der Waals surface area contributed by atoms with Gasteiger partial charge in [0.15, 0.2) is 0 Å². The molecule has 1 aromatic rings. The van der Waals surface area contributed by atoms with Crippen molar-refractivity contribution in [1.82, 2.24) is 0 Å². The van der Waals surface area contributed by atoms with Crippen LogP contribution in [0.5, 0.6) is 0 Å². The van der Waals surface area contributed by atoms with Gasteiger partial charge in [0.1, 0.15) is 0 Å². The van der Waals surface area contributed by atoms with Crippen molar-refractivity contribution in [3.05, 3.63) is 35.4 Å². The van der Waals surface area contributed by atoms with Gasteiger partial charge in [-0.3, -0.25) is 0 Å². The van der Waals surface area contributed by atoms with Crippen LogP contribution in [0.1, 0.15) is 11.1 Å². The summed E-state index contributed by atoms with van der Waals surface area (Å²) in [6, 6.07) is 9.31. The summed E-state index contributed by atoms with van der Waals surface area (Å²) in [7, 11) is 4.50. The van der Waals surface area contributed by atoms with E-state index in [0.717, 1.165) is 0 Å². The van der Waals surface area contributed by atoms with Gasteiger partial charge in [-0.15, -0.1) is 0 Å². The quantitative estimate of drug-likeness (QED) is 0.351. The average molecular weight is 353 g/mol. The summed E-state index contributed by atoms with van der Waals surface area (Å²) in [5.74, 6) is 0. The Morgan fingerprint density at radius 3 is 1.17 bits per heavy atom. The van der Waals surface area contributed by atoms with Gasteiger partial charge in [-0.1, -0.05) is 13.8 Å². The third kappa shape index (κ3) is 36.0. The minimum absolute atomic E-state index is 0.120. The van der Waals surface area contributed by atoms with Gasteiger partial charge in [0, 0.05) is 40.0 Å². The van der Waals surface area contributed by atoms with Gasteiger partial charge in [0.05, 0.1) is 0 Å². The molecule has 0 atom stereocenters. The number of halogens is 1. The summed E-state index contributed by atoms with van der Waals surface area (Å²) >= 11 is 3.35. The van der Waals surface area contributed by atoms with Crippen molar-refractivity contribution in [2.75, 3.05) is 40.0 Å². The van der Waals surface area contributed by atoms with Gasteiger partial charge in [0.25, 0.3) is 0 Å². The number of rotatable bonds is 0. The Bertz CT molecular complexity index is 237. The Morgan fingerprint density at radius 1 is 0.833 bits per heavy atom. The zero-order valence-corrected chi connectivity index (χ0v) is 16.7. The van der Waals surface area contributed by atoms with E-state index >= 15 is 0 Å². The second-order valence-corrected chi connectivity index (χ2v) is 11.0. The van der Waals surface area contributed by atoms with E-state index in [1.165, 1.54) is 11.1 Å². The zero-order chi connectivity index (χ0) is 15.1. The van der Waals surface area contributed by atoms with Crippen LogP contribution in [-0.2, 0) is 14.6 Å².